The summed E-state index contributed by atoms with van der Waals surface area (Å²) in [6, 6.07) is 1.76. The predicted octanol–water partition coefficient (Wildman–Crippen LogP) is 1.05. The van der Waals surface area contributed by atoms with Gasteiger partial charge in [-0.05, 0) is 26.8 Å². The number of hydrogen-bond acceptors (Lipinski definition) is 5. The summed E-state index contributed by atoms with van der Waals surface area (Å²) in [7, 11) is 1.95. The van der Waals surface area contributed by atoms with Crippen LogP contribution in [0, 0.1) is 0 Å². The highest BCUT2D eigenvalue weighted by Gasteiger charge is 2.06. The van der Waals surface area contributed by atoms with E-state index < -0.39 is 0 Å². The largest absolute Gasteiger partial charge is 0.475 e. The van der Waals surface area contributed by atoms with Crippen molar-refractivity contribution in [2.24, 2.45) is 5.73 Å². The molecule has 1 aromatic rings. The predicted molar refractivity (Wildman–Crippen MR) is 64.7 cm³/mol. The molecule has 0 aliphatic heterocycles. The second-order valence-corrected chi connectivity index (χ2v) is 3.93. The molecule has 0 saturated heterocycles. The molecule has 0 saturated carbocycles. The van der Waals surface area contributed by atoms with Crippen molar-refractivity contribution in [2.75, 3.05) is 25.0 Å². The van der Waals surface area contributed by atoms with Crippen molar-refractivity contribution < 1.29 is 4.74 Å². The molecule has 5 nitrogen and oxygen atoms in total. The van der Waals surface area contributed by atoms with Gasteiger partial charge in [-0.15, -0.1) is 0 Å². The van der Waals surface area contributed by atoms with Crippen molar-refractivity contribution >= 4 is 5.95 Å². The lowest BCUT2D eigenvalue weighted by Gasteiger charge is -2.17. The van der Waals surface area contributed by atoms with Crippen LogP contribution in [0.1, 0.15) is 20.3 Å². The third kappa shape index (κ3) is 4.02. The third-order valence-corrected chi connectivity index (χ3v) is 2.01. The molecular weight excluding hydrogens is 204 g/mol. The minimum atomic E-state index is 0.122. The van der Waals surface area contributed by atoms with Crippen LogP contribution in [0.25, 0.3) is 0 Å². The van der Waals surface area contributed by atoms with E-state index in [0.717, 1.165) is 13.0 Å². The van der Waals surface area contributed by atoms with E-state index in [-0.39, 0.29) is 6.10 Å². The zero-order valence-corrected chi connectivity index (χ0v) is 10.2. The van der Waals surface area contributed by atoms with Gasteiger partial charge in [-0.1, -0.05) is 0 Å². The van der Waals surface area contributed by atoms with E-state index in [2.05, 4.69) is 9.97 Å². The lowest BCUT2D eigenvalue weighted by atomic mass is 10.4. The molecule has 0 aliphatic rings. The molecule has 0 amide bonds. The van der Waals surface area contributed by atoms with Gasteiger partial charge >= 0.3 is 0 Å². The summed E-state index contributed by atoms with van der Waals surface area (Å²) < 4.78 is 5.51. The first-order valence-corrected chi connectivity index (χ1v) is 5.54. The van der Waals surface area contributed by atoms with Crippen molar-refractivity contribution in [1.82, 2.24) is 9.97 Å². The van der Waals surface area contributed by atoms with Gasteiger partial charge < -0.3 is 15.4 Å². The van der Waals surface area contributed by atoms with Gasteiger partial charge in [-0.25, -0.2) is 4.98 Å². The SMILES string of the molecule is CC(C)Oc1ccnc(N(C)CCCN)n1. The summed E-state index contributed by atoms with van der Waals surface area (Å²) in [5, 5.41) is 0. The van der Waals surface area contributed by atoms with E-state index in [0.29, 0.717) is 18.4 Å². The van der Waals surface area contributed by atoms with Crippen LogP contribution in [0.15, 0.2) is 12.3 Å². The van der Waals surface area contributed by atoms with Gasteiger partial charge in [-0.2, -0.15) is 4.98 Å². The van der Waals surface area contributed by atoms with Crippen LogP contribution in [-0.2, 0) is 0 Å². The normalized spacial score (nSPS) is 10.6. The molecule has 0 fully saturated rings. The molecule has 1 aromatic heterocycles. The summed E-state index contributed by atoms with van der Waals surface area (Å²) in [4.78, 5) is 10.5. The maximum atomic E-state index is 5.51. The van der Waals surface area contributed by atoms with Gasteiger partial charge in [0.1, 0.15) is 0 Å². The van der Waals surface area contributed by atoms with Crippen molar-refractivity contribution in [3.8, 4) is 5.88 Å². The molecule has 2 N–H and O–H groups in total. The van der Waals surface area contributed by atoms with Gasteiger partial charge in [0, 0.05) is 25.9 Å². The van der Waals surface area contributed by atoms with Crippen molar-refractivity contribution in [2.45, 2.75) is 26.4 Å². The summed E-state index contributed by atoms with van der Waals surface area (Å²) in [6.07, 6.45) is 2.76. The van der Waals surface area contributed by atoms with E-state index in [4.69, 9.17) is 10.5 Å². The highest BCUT2D eigenvalue weighted by atomic mass is 16.5. The molecule has 1 rings (SSSR count). The Morgan fingerprint density at radius 2 is 2.25 bits per heavy atom. The third-order valence-electron chi connectivity index (χ3n) is 2.01. The van der Waals surface area contributed by atoms with Gasteiger partial charge in [0.25, 0.3) is 0 Å². The van der Waals surface area contributed by atoms with Crippen LogP contribution in [0.5, 0.6) is 5.88 Å². The fourth-order valence-electron chi connectivity index (χ4n) is 1.25. The second kappa shape index (κ2) is 6.27. The van der Waals surface area contributed by atoms with Crippen molar-refractivity contribution in [1.29, 1.82) is 0 Å². The molecule has 1 heterocycles. The molecule has 0 atom stereocenters. The average molecular weight is 224 g/mol. The minimum absolute atomic E-state index is 0.122. The van der Waals surface area contributed by atoms with Gasteiger partial charge in [-0.3, -0.25) is 0 Å². The number of nitrogens with two attached hydrogens (primary N) is 1. The fraction of sp³-hybridized carbons (Fsp3) is 0.636. The first-order valence-electron chi connectivity index (χ1n) is 5.54. The maximum Gasteiger partial charge on any atom is 0.228 e. The Labute approximate surface area is 96.6 Å². The average Bonchev–Trinajstić information content (AvgIpc) is 2.25. The molecule has 0 spiro atoms. The Balaban J connectivity index is 2.65. The number of anilines is 1. The van der Waals surface area contributed by atoms with E-state index in [1.54, 1.807) is 12.3 Å². The lowest BCUT2D eigenvalue weighted by Crippen LogP contribution is -2.23. The zero-order valence-electron chi connectivity index (χ0n) is 10.2. The highest BCUT2D eigenvalue weighted by molar-refractivity contribution is 5.30. The molecule has 16 heavy (non-hydrogen) atoms. The Bertz CT molecular complexity index is 317. The Kier molecular flexibility index (Phi) is 4.98. The summed E-state index contributed by atoms with van der Waals surface area (Å²) in [5.74, 6) is 1.28. The highest BCUT2D eigenvalue weighted by Crippen LogP contribution is 2.12. The molecular formula is C11H20N4O. The topological polar surface area (TPSA) is 64.3 Å². The van der Waals surface area contributed by atoms with E-state index >= 15 is 0 Å². The molecule has 90 valence electrons. The van der Waals surface area contributed by atoms with Crippen molar-refractivity contribution in [3.63, 3.8) is 0 Å². The summed E-state index contributed by atoms with van der Waals surface area (Å²) in [5.41, 5.74) is 5.46. The van der Waals surface area contributed by atoms with Gasteiger partial charge in [0.05, 0.1) is 6.10 Å². The fourth-order valence-corrected chi connectivity index (χ4v) is 1.25. The number of rotatable bonds is 6. The molecule has 5 heteroatoms. The molecule has 0 bridgehead atoms. The molecule has 0 unspecified atom stereocenters. The maximum absolute atomic E-state index is 5.51. The number of hydrogen-bond donors (Lipinski definition) is 1. The van der Waals surface area contributed by atoms with Crippen LogP contribution in [0.3, 0.4) is 0 Å². The number of nitrogens with zero attached hydrogens (tertiary/aromatic N) is 3. The molecule has 0 radical (unpaired) electrons. The summed E-state index contributed by atoms with van der Waals surface area (Å²) in [6.45, 7) is 5.47. The quantitative estimate of drug-likeness (QED) is 0.782. The minimum Gasteiger partial charge on any atom is -0.475 e. The van der Waals surface area contributed by atoms with E-state index in [9.17, 15) is 0 Å². The van der Waals surface area contributed by atoms with E-state index in [1.807, 2.05) is 25.8 Å². The number of aromatic nitrogens is 2. The van der Waals surface area contributed by atoms with Crippen LogP contribution >= 0.6 is 0 Å². The van der Waals surface area contributed by atoms with Crippen LogP contribution < -0.4 is 15.4 Å². The Hall–Kier alpha value is -1.36. The lowest BCUT2D eigenvalue weighted by molar-refractivity contribution is 0.232. The van der Waals surface area contributed by atoms with Crippen molar-refractivity contribution in [3.05, 3.63) is 12.3 Å². The Morgan fingerprint density at radius 1 is 1.50 bits per heavy atom. The summed E-state index contributed by atoms with van der Waals surface area (Å²) >= 11 is 0. The van der Waals surface area contributed by atoms with Crippen LogP contribution in [-0.4, -0.2) is 36.2 Å². The van der Waals surface area contributed by atoms with Gasteiger partial charge in [0.2, 0.25) is 11.8 Å². The van der Waals surface area contributed by atoms with Crippen LogP contribution in [0.2, 0.25) is 0 Å². The smallest absolute Gasteiger partial charge is 0.228 e. The molecule has 0 aromatic carbocycles. The first kappa shape index (κ1) is 12.7. The van der Waals surface area contributed by atoms with E-state index in [1.165, 1.54) is 0 Å². The standard InChI is InChI=1S/C11H20N4O/c1-9(2)16-10-5-7-13-11(14-10)15(3)8-4-6-12/h5,7,9H,4,6,8,12H2,1-3H3. The van der Waals surface area contributed by atoms with Crippen LogP contribution in [0.4, 0.5) is 5.95 Å². The monoisotopic (exact) mass is 224 g/mol. The van der Waals surface area contributed by atoms with Gasteiger partial charge in [0.15, 0.2) is 0 Å². The molecule has 0 aliphatic carbocycles. The first-order chi connectivity index (χ1) is 7.63. The number of ether oxygens (including phenoxy) is 1. The second-order valence-electron chi connectivity index (χ2n) is 3.93. The Morgan fingerprint density at radius 3 is 2.88 bits per heavy atom. The zero-order chi connectivity index (χ0) is 12.0.